The molecule has 1 saturated heterocycles. The number of aryl methyl sites for hydroxylation is 1. The van der Waals surface area contributed by atoms with Gasteiger partial charge in [0.1, 0.15) is 10.0 Å². The van der Waals surface area contributed by atoms with Crippen molar-refractivity contribution < 1.29 is 0 Å². The third-order valence-electron chi connectivity index (χ3n) is 5.16. The number of benzene rings is 2. The standard InChI is InChI=1S/C22H26N4S/c1-17-23-24-22(27-17)21-10-8-20(9-11-21)19-6-4-18(5-7-19)16-26-13-3-12-25(2)14-15-26/h4-11H,3,12-16H2,1-2H3. The first-order valence-corrected chi connectivity index (χ1v) is 10.4. The lowest BCUT2D eigenvalue weighted by atomic mass is 10.0. The Kier molecular flexibility index (Phi) is 5.62. The van der Waals surface area contributed by atoms with Crippen LogP contribution in [0.15, 0.2) is 48.5 Å². The van der Waals surface area contributed by atoms with Gasteiger partial charge in [0.15, 0.2) is 0 Å². The summed E-state index contributed by atoms with van der Waals surface area (Å²) in [6.07, 6.45) is 1.26. The second-order valence-electron chi connectivity index (χ2n) is 7.33. The Bertz CT molecular complexity index is 870. The molecule has 2 aromatic carbocycles. The summed E-state index contributed by atoms with van der Waals surface area (Å²) in [4.78, 5) is 4.99. The maximum atomic E-state index is 4.23. The molecule has 4 rings (SSSR count). The van der Waals surface area contributed by atoms with Gasteiger partial charge in [-0.1, -0.05) is 59.9 Å². The van der Waals surface area contributed by atoms with Crippen molar-refractivity contribution in [2.75, 3.05) is 33.2 Å². The summed E-state index contributed by atoms with van der Waals surface area (Å²) in [5, 5.41) is 10.3. The van der Waals surface area contributed by atoms with Gasteiger partial charge in [-0.25, -0.2) is 0 Å². The fraction of sp³-hybridized carbons (Fsp3) is 0.364. The lowest BCUT2D eigenvalue weighted by Crippen LogP contribution is -2.28. The zero-order valence-electron chi connectivity index (χ0n) is 16.1. The second kappa shape index (κ2) is 8.30. The highest BCUT2D eigenvalue weighted by Gasteiger charge is 2.12. The summed E-state index contributed by atoms with van der Waals surface area (Å²) in [6, 6.07) is 17.6. The molecule has 0 amide bonds. The van der Waals surface area contributed by atoms with Gasteiger partial charge in [0, 0.05) is 25.2 Å². The van der Waals surface area contributed by atoms with Crippen molar-refractivity contribution >= 4 is 11.3 Å². The van der Waals surface area contributed by atoms with Gasteiger partial charge in [-0.3, -0.25) is 4.90 Å². The first-order valence-electron chi connectivity index (χ1n) is 9.58. The van der Waals surface area contributed by atoms with E-state index in [9.17, 15) is 0 Å². The number of nitrogens with zero attached hydrogens (tertiary/aromatic N) is 4. The number of likely N-dealkylation sites (N-methyl/N-ethyl adjacent to an activating group) is 1. The zero-order valence-corrected chi connectivity index (χ0v) is 16.9. The average Bonchev–Trinajstić information content (AvgIpc) is 3.02. The highest BCUT2D eigenvalue weighted by Crippen LogP contribution is 2.27. The largest absolute Gasteiger partial charge is 0.305 e. The Labute approximate surface area is 165 Å². The second-order valence-corrected chi connectivity index (χ2v) is 8.52. The van der Waals surface area contributed by atoms with Crippen molar-refractivity contribution in [3.8, 4) is 21.7 Å². The highest BCUT2D eigenvalue weighted by atomic mass is 32.1. The molecule has 1 aromatic heterocycles. The smallest absolute Gasteiger partial charge is 0.147 e. The van der Waals surface area contributed by atoms with Crippen molar-refractivity contribution in [1.29, 1.82) is 0 Å². The van der Waals surface area contributed by atoms with E-state index in [2.05, 4.69) is 75.6 Å². The molecule has 1 fully saturated rings. The SMILES string of the molecule is Cc1nnc(-c2ccc(-c3ccc(CN4CCCN(C)CC4)cc3)cc2)s1. The van der Waals surface area contributed by atoms with E-state index in [1.165, 1.54) is 42.7 Å². The van der Waals surface area contributed by atoms with Crippen LogP contribution < -0.4 is 0 Å². The summed E-state index contributed by atoms with van der Waals surface area (Å²) in [6.45, 7) is 7.76. The molecular formula is C22H26N4S. The predicted octanol–water partition coefficient (Wildman–Crippen LogP) is 4.32. The third kappa shape index (κ3) is 4.61. The molecule has 4 nitrogen and oxygen atoms in total. The van der Waals surface area contributed by atoms with E-state index in [-0.39, 0.29) is 0 Å². The first kappa shape index (κ1) is 18.3. The van der Waals surface area contributed by atoms with E-state index in [1.54, 1.807) is 11.3 Å². The molecular weight excluding hydrogens is 352 g/mol. The van der Waals surface area contributed by atoms with Gasteiger partial charge >= 0.3 is 0 Å². The lowest BCUT2D eigenvalue weighted by Gasteiger charge is -2.20. The molecule has 1 aliphatic heterocycles. The minimum Gasteiger partial charge on any atom is -0.305 e. The number of rotatable bonds is 4. The fourth-order valence-corrected chi connectivity index (χ4v) is 4.23. The van der Waals surface area contributed by atoms with E-state index < -0.39 is 0 Å². The van der Waals surface area contributed by atoms with Crippen molar-refractivity contribution in [2.24, 2.45) is 0 Å². The topological polar surface area (TPSA) is 32.3 Å². The van der Waals surface area contributed by atoms with Gasteiger partial charge < -0.3 is 4.90 Å². The molecule has 0 unspecified atom stereocenters. The molecule has 0 bridgehead atoms. The molecule has 3 aromatic rings. The lowest BCUT2D eigenvalue weighted by molar-refractivity contribution is 0.269. The number of hydrogen-bond acceptors (Lipinski definition) is 5. The molecule has 0 aliphatic carbocycles. The predicted molar refractivity (Wildman–Crippen MR) is 113 cm³/mol. The van der Waals surface area contributed by atoms with Crippen LogP contribution in [-0.2, 0) is 6.54 Å². The Hall–Kier alpha value is -2.08. The van der Waals surface area contributed by atoms with E-state index in [0.29, 0.717) is 0 Å². The fourth-order valence-electron chi connectivity index (χ4n) is 3.54. The summed E-state index contributed by atoms with van der Waals surface area (Å²) < 4.78 is 0. The molecule has 1 aliphatic rings. The minimum absolute atomic E-state index is 0.984. The summed E-state index contributed by atoms with van der Waals surface area (Å²) in [5.74, 6) is 0. The molecule has 0 atom stereocenters. The molecule has 5 heteroatoms. The third-order valence-corrected chi connectivity index (χ3v) is 6.05. The summed E-state index contributed by atoms with van der Waals surface area (Å²) in [5.41, 5.74) is 5.02. The van der Waals surface area contributed by atoms with Crippen LogP contribution in [0.25, 0.3) is 21.7 Å². The summed E-state index contributed by atoms with van der Waals surface area (Å²) >= 11 is 1.63. The molecule has 140 valence electrons. The normalized spacial score (nSPS) is 16.4. The van der Waals surface area contributed by atoms with E-state index >= 15 is 0 Å². The van der Waals surface area contributed by atoms with Crippen LogP contribution in [0.4, 0.5) is 0 Å². The average molecular weight is 379 g/mol. The van der Waals surface area contributed by atoms with E-state index in [4.69, 9.17) is 0 Å². The van der Waals surface area contributed by atoms with Crippen molar-refractivity contribution in [1.82, 2.24) is 20.0 Å². The molecule has 27 heavy (non-hydrogen) atoms. The van der Waals surface area contributed by atoms with Gasteiger partial charge in [0.2, 0.25) is 0 Å². The zero-order chi connectivity index (χ0) is 18.6. The number of hydrogen-bond donors (Lipinski definition) is 0. The Balaban J connectivity index is 1.42. The maximum Gasteiger partial charge on any atom is 0.147 e. The monoisotopic (exact) mass is 378 g/mol. The van der Waals surface area contributed by atoms with Gasteiger partial charge in [0.25, 0.3) is 0 Å². The van der Waals surface area contributed by atoms with Crippen LogP contribution in [0.3, 0.4) is 0 Å². The maximum absolute atomic E-state index is 4.23. The molecule has 0 spiro atoms. The van der Waals surface area contributed by atoms with Crippen molar-refractivity contribution in [2.45, 2.75) is 19.9 Å². The van der Waals surface area contributed by atoms with Gasteiger partial charge in [0.05, 0.1) is 0 Å². The van der Waals surface area contributed by atoms with Crippen LogP contribution in [0.1, 0.15) is 17.0 Å². The van der Waals surface area contributed by atoms with Gasteiger partial charge in [-0.05, 0) is 50.2 Å². The molecule has 0 N–H and O–H groups in total. The van der Waals surface area contributed by atoms with Crippen LogP contribution >= 0.6 is 11.3 Å². The Morgan fingerprint density at radius 2 is 1.48 bits per heavy atom. The number of aromatic nitrogens is 2. The summed E-state index contributed by atoms with van der Waals surface area (Å²) in [7, 11) is 2.22. The molecule has 2 heterocycles. The van der Waals surface area contributed by atoms with Crippen LogP contribution in [0, 0.1) is 6.92 Å². The van der Waals surface area contributed by atoms with Crippen molar-refractivity contribution in [3.63, 3.8) is 0 Å². The van der Waals surface area contributed by atoms with Gasteiger partial charge in [-0.15, -0.1) is 10.2 Å². The van der Waals surface area contributed by atoms with E-state index in [1.807, 2.05) is 6.92 Å². The molecule has 0 saturated carbocycles. The highest BCUT2D eigenvalue weighted by molar-refractivity contribution is 7.14. The Morgan fingerprint density at radius 3 is 2.15 bits per heavy atom. The van der Waals surface area contributed by atoms with Crippen LogP contribution in [-0.4, -0.2) is 53.2 Å². The molecule has 0 radical (unpaired) electrons. The van der Waals surface area contributed by atoms with Crippen LogP contribution in [0.2, 0.25) is 0 Å². The minimum atomic E-state index is 0.984. The first-order chi connectivity index (χ1) is 13.2. The van der Waals surface area contributed by atoms with E-state index in [0.717, 1.165) is 28.7 Å². The quantitative estimate of drug-likeness (QED) is 0.677. The van der Waals surface area contributed by atoms with Crippen molar-refractivity contribution in [3.05, 3.63) is 59.1 Å². The van der Waals surface area contributed by atoms with Gasteiger partial charge in [-0.2, -0.15) is 0 Å². The van der Waals surface area contributed by atoms with Crippen LogP contribution in [0.5, 0.6) is 0 Å². The Morgan fingerprint density at radius 1 is 0.815 bits per heavy atom.